The van der Waals surface area contributed by atoms with E-state index in [1.165, 1.54) is 4.72 Å². The zero-order valence-corrected chi connectivity index (χ0v) is 19.6. The van der Waals surface area contributed by atoms with Crippen LogP contribution in [0.2, 0.25) is 0 Å². The summed E-state index contributed by atoms with van der Waals surface area (Å²) in [5, 5.41) is 8.75. The number of nitrogens with one attached hydrogen (secondary N) is 3. The Bertz CT molecular complexity index is 1720. The van der Waals surface area contributed by atoms with Crippen LogP contribution in [0.1, 0.15) is 38.8 Å². The number of H-pyrrole nitrogens is 1. The first-order valence-electron chi connectivity index (χ1n) is 9.86. The molecule has 0 amide bonds. The molecule has 3 rings (SSSR count). The average molecular weight is 568 g/mol. The minimum absolute atomic E-state index is 0.0884. The van der Waals surface area contributed by atoms with E-state index in [-0.39, 0.29) is 10.7 Å². The van der Waals surface area contributed by atoms with Gasteiger partial charge in [-0.2, -0.15) is 31.0 Å². The molecule has 0 bridgehead atoms. The van der Waals surface area contributed by atoms with E-state index in [4.69, 9.17) is 0 Å². The molecular formula is C20H14F6N4O7S. The molecule has 11 nitrogen and oxygen atoms in total. The van der Waals surface area contributed by atoms with Gasteiger partial charge in [-0.05, 0) is 31.2 Å². The summed E-state index contributed by atoms with van der Waals surface area (Å²) in [5.74, 6) is -3.02. The molecule has 0 spiro atoms. The quantitative estimate of drug-likeness (QED) is 0.260. The number of alkyl halides is 6. The van der Waals surface area contributed by atoms with Crippen LogP contribution in [0.15, 0.2) is 33.9 Å². The Morgan fingerprint density at radius 1 is 0.947 bits per heavy atom. The SMILES string of the molecule is CC(=O)c1cc2c(=O)n(Nc3c(C(=O)O)ccc(C(F)(F)F)c3NS(C)(=O)=O)c(=O)[nH]c2cc1C(F)(F)F. The van der Waals surface area contributed by atoms with Gasteiger partial charge in [0.1, 0.15) is 0 Å². The summed E-state index contributed by atoms with van der Waals surface area (Å²) >= 11 is 0. The standard InChI is InChI=1S/C20H14F6N4O7S/c1-7(31)9-5-10-13(6-12(9)20(24,25)26)27-18(35)30(16(10)32)28-14-8(17(33)34)3-4-11(19(21,22)23)15(14)29-38(2,36)37/h3-6,28-29H,1-2H3,(H,27,35)(H,33,34). The minimum atomic E-state index is -5.26. The Morgan fingerprint density at radius 3 is 2.00 bits per heavy atom. The van der Waals surface area contributed by atoms with E-state index in [1.807, 2.05) is 10.4 Å². The van der Waals surface area contributed by atoms with Crippen molar-refractivity contribution in [3.05, 3.63) is 67.4 Å². The minimum Gasteiger partial charge on any atom is -0.478 e. The van der Waals surface area contributed by atoms with Crippen molar-refractivity contribution >= 4 is 44.1 Å². The monoisotopic (exact) mass is 568 g/mol. The molecule has 2 aromatic carbocycles. The van der Waals surface area contributed by atoms with E-state index in [9.17, 15) is 59.0 Å². The van der Waals surface area contributed by atoms with Crippen LogP contribution < -0.4 is 21.4 Å². The molecule has 0 saturated heterocycles. The molecule has 0 radical (unpaired) electrons. The highest BCUT2D eigenvalue weighted by Crippen LogP contribution is 2.41. The lowest BCUT2D eigenvalue weighted by molar-refractivity contribution is -0.138. The zero-order valence-electron chi connectivity index (χ0n) is 18.8. The Hall–Kier alpha value is -4.35. The molecule has 4 N–H and O–H groups in total. The normalized spacial score (nSPS) is 12.4. The number of Topliss-reactive ketones (excluding diaryl/α,β-unsaturated/α-hetero) is 1. The number of sulfonamides is 1. The van der Waals surface area contributed by atoms with Crippen LogP contribution >= 0.6 is 0 Å². The van der Waals surface area contributed by atoms with Crippen LogP contribution in [-0.2, 0) is 22.4 Å². The first kappa shape index (κ1) is 28.2. The predicted octanol–water partition coefficient (Wildman–Crippen LogP) is 2.87. The summed E-state index contributed by atoms with van der Waals surface area (Å²) in [6, 6.07) is 1.47. The van der Waals surface area contributed by atoms with Crippen molar-refractivity contribution in [3.63, 3.8) is 0 Å². The molecule has 0 unspecified atom stereocenters. The third kappa shape index (κ3) is 5.48. The van der Waals surface area contributed by atoms with Crippen molar-refractivity contribution in [3.8, 4) is 0 Å². The van der Waals surface area contributed by atoms with E-state index in [2.05, 4.69) is 0 Å². The Balaban J connectivity index is 2.41. The smallest absolute Gasteiger partial charge is 0.418 e. The van der Waals surface area contributed by atoms with Gasteiger partial charge in [0.05, 0.1) is 45.2 Å². The third-order valence-corrected chi connectivity index (χ3v) is 5.55. The molecule has 0 atom stereocenters. The fourth-order valence-corrected chi connectivity index (χ4v) is 4.01. The van der Waals surface area contributed by atoms with Gasteiger partial charge in [-0.15, -0.1) is 0 Å². The van der Waals surface area contributed by atoms with E-state index in [1.54, 1.807) is 0 Å². The lowest BCUT2D eigenvalue weighted by Crippen LogP contribution is -2.40. The maximum atomic E-state index is 13.6. The predicted molar refractivity (Wildman–Crippen MR) is 120 cm³/mol. The number of aromatic amines is 1. The molecule has 0 aliphatic heterocycles. The molecule has 0 fully saturated rings. The number of fused-ring (bicyclic) bond motifs is 1. The number of halogens is 6. The molecule has 3 aromatic rings. The van der Waals surface area contributed by atoms with Gasteiger partial charge < -0.3 is 10.1 Å². The second kappa shape index (κ2) is 9.19. The lowest BCUT2D eigenvalue weighted by atomic mass is 10.0. The largest absolute Gasteiger partial charge is 0.478 e. The number of nitrogens with zero attached hydrogens (tertiary/aromatic N) is 1. The fourth-order valence-electron chi connectivity index (χ4n) is 3.43. The van der Waals surface area contributed by atoms with Gasteiger partial charge >= 0.3 is 24.0 Å². The van der Waals surface area contributed by atoms with Gasteiger partial charge in [-0.3, -0.25) is 19.7 Å². The van der Waals surface area contributed by atoms with E-state index in [0.717, 1.165) is 6.92 Å². The van der Waals surface area contributed by atoms with Crippen LogP contribution in [0.4, 0.5) is 37.7 Å². The second-order valence-electron chi connectivity index (χ2n) is 7.77. The van der Waals surface area contributed by atoms with Gasteiger partial charge in [0.15, 0.2) is 5.78 Å². The molecule has 18 heteroatoms. The highest BCUT2D eigenvalue weighted by atomic mass is 32.2. The number of carbonyl (C=O) groups is 2. The van der Waals surface area contributed by atoms with Crippen molar-refractivity contribution < 1.29 is 49.5 Å². The van der Waals surface area contributed by atoms with Gasteiger partial charge in [-0.1, -0.05) is 0 Å². The molecule has 204 valence electrons. The molecule has 0 aliphatic rings. The summed E-state index contributed by atoms with van der Waals surface area (Å²) in [5.41, 5.74) is -9.69. The number of benzene rings is 2. The maximum absolute atomic E-state index is 13.6. The molecular weight excluding hydrogens is 554 g/mol. The maximum Gasteiger partial charge on any atom is 0.418 e. The number of carboxylic acids is 1. The first-order valence-corrected chi connectivity index (χ1v) is 11.7. The molecule has 1 aromatic heterocycles. The van der Waals surface area contributed by atoms with E-state index >= 15 is 0 Å². The number of carboxylic acid groups (broad SMARTS) is 1. The van der Waals surface area contributed by atoms with Crippen LogP contribution in [0.3, 0.4) is 0 Å². The Labute approximate surface area is 206 Å². The number of carbonyl (C=O) groups excluding carboxylic acids is 1. The van der Waals surface area contributed by atoms with Crippen molar-refractivity contribution in [1.29, 1.82) is 0 Å². The number of aromatic carboxylic acids is 1. The first-order chi connectivity index (χ1) is 17.2. The lowest BCUT2D eigenvalue weighted by Gasteiger charge is -2.21. The zero-order chi connectivity index (χ0) is 29.0. The number of ketones is 1. The number of hydrogen-bond donors (Lipinski definition) is 4. The molecule has 0 aliphatic carbocycles. The van der Waals surface area contributed by atoms with Crippen LogP contribution in [0.5, 0.6) is 0 Å². The average Bonchev–Trinajstić information content (AvgIpc) is 2.73. The van der Waals surface area contributed by atoms with Crippen LogP contribution in [0, 0.1) is 0 Å². The summed E-state index contributed by atoms with van der Waals surface area (Å²) in [4.78, 5) is 51.0. The van der Waals surface area contributed by atoms with Gasteiger partial charge in [0.25, 0.3) is 5.56 Å². The summed E-state index contributed by atoms with van der Waals surface area (Å²) < 4.78 is 106. The Morgan fingerprint density at radius 2 is 1.53 bits per heavy atom. The van der Waals surface area contributed by atoms with Crippen LogP contribution in [-0.4, -0.2) is 41.2 Å². The highest BCUT2D eigenvalue weighted by Gasteiger charge is 2.38. The summed E-state index contributed by atoms with van der Waals surface area (Å²) in [6.45, 7) is 0.768. The second-order valence-corrected chi connectivity index (χ2v) is 9.52. The van der Waals surface area contributed by atoms with Crippen molar-refractivity contribution in [2.24, 2.45) is 0 Å². The number of aromatic nitrogens is 2. The highest BCUT2D eigenvalue weighted by molar-refractivity contribution is 7.92. The summed E-state index contributed by atoms with van der Waals surface area (Å²) in [7, 11) is -4.51. The summed E-state index contributed by atoms with van der Waals surface area (Å²) in [6.07, 6.45) is -9.88. The van der Waals surface area contributed by atoms with E-state index in [0.29, 0.717) is 24.5 Å². The van der Waals surface area contributed by atoms with Crippen molar-refractivity contribution in [1.82, 2.24) is 9.66 Å². The topological polar surface area (TPSA) is 167 Å². The fraction of sp³-hybridized carbons (Fsp3) is 0.200. The van der Waals surface area contributed by atoms with Crippen molar-refractivity contribution in [2.45, 2.75) is 19.3 Å². The molecule has 1 heterocycles. The van der Waals surface area contributed by atoms with Gasteiger partial charge in [0.2, 0.25) is 10.0 Å². The number of anilines is 2. The van der Waals surface area contributed by atoms with Crippen molar-refractivity contribution in [2.75, 3.05) is 16.4 Å². The molecule has 38 heavy (non-hydrogen) atoms. The van der Waals surface area contributed by atoms with Gasteiger partial charge in [0, 0.05) is 5.56 Å². The Kier molecular flexibility index (Phi) is 6.83. The number of hydrogen-bond acceptors (Lipinski definition) is 7. The number of rotatable bonds is 6. The van der Waals surface area contributed by atoms with Gasteiger partial charge in [-0.25, -0.2) is 18.0 Å². The van der Waals surface area contributed by atoms with Crippen LogP contribution in [0.25, 0.3) is 10.9 Å². The molecule has 0 saturated carbocycles. The third-order valence-electron chi connectivity index (χ3n) is 4.97. The van der Waals surface area contributed by atoms with E-state index < -0.39 is 89.9 Å².